The zero-order chi connectivity index (χ0) is 18.5. The molecule has 3 aromatic rings. The number of thiophene rings is 1. The number of aromatic amines is 1. The zero-order valence-electron chi connectivity index (χ0n) is 15.2. The quantitative estimate of drug-likeness (QED) is 0.641. The number of H-pyrrole nitrogens is 1. The minimum atomic E-state index is 0.295. The van der Waals surface area contributed by atoms with Gasteiger partial charge in [0.2, 0.25) is 0 Å². The van der Waals surface area contributed by atoms with Gasteiger partial charge in [-0.05, 0) is 42.0 Å². The number of carbonyl (C=O) groups excluding carboxylic acids is 1. The Hall–Kier alpha value is -2.60. The van der Waals surface area contributed by atoms with Gasteiger partial charge < -0.3 is 14.6 Å². The summed E-state index contributed by atoms with van der Waals surface area (Å²) >= 11 is 1.76. The van der Waals surface area contributed by atoms with E-state index in [0.29, 0.717) is 25.2 Å². The predicted molar refractivity (Wildman–Crippen MR) is 108 cm³/mol. The molecule has 0 atom stereocenters. The lowest BCUT2D eigenvalue weighted by Gasteiger charge is -2.31. The Morgan fingerprint density at radius 2 is 2.30 bits per heavy atom. The molecule has 0 spiro atoms. The van der Waals surface area contributed by atoms with E-state index in [2.05, 4.69) is 38.4 Å². The van der Waals surface area contributed by atoms with Crippen molar-refractivity contribution in [2.75, 3.05) is 18.1 Å². The van der Waals surface area contributed by atoms with Crippen LogP contribution in [0.2, 0.25) is 0 Å². The maximum Gasteiger partial charge on any atom is 0.142 e. The van der Waals surface area contributed by atoms with Gasteiger partial charge in [0.05, 0.1) is 30.8 Å². The molecule has 0 bridgehead atoms. The number of fused-ring (bicyclic) bond motifs is 1. The molecule has 1 aromatic carbocycles. The first kappa shape index (κ1) is 17.8. The van der Waals surface area contributed by atoms with Crippen molar-refractivity contribution in [3.05, 3.63) is 64.4 Å². The molecule has 1 aliphatic rings. The third-order valence-corrected chi connectivity index (χ3v) is 5.70. The summed E-state index contributed by atoms with van der Waals surface area (Å²) in [4.78, 5) is 23.3. The van der Waals surface area contributed by atoms with Gasteiger partial charge in [-0.2, -0.15) is 0 Å². The third kappa shape index (κ3) is 4.57. The Morgan fingerprint density at radius 3 is 3.11 bits per heavy atom. The van der Waals surface area contributed by atoms with Gasteiger partial charge in [0.15, 0.2) is 0 Å². The molecule has 4 rings (SSSR count). The highest BCUT2D eigenvalue weighted by Gasteiger charge is 2.19. The number of carbonyl (C=O) groups is 1. The number of ketones is 1. The average molecular weight is 382 g/mol. The number of aryl methyl sites for hydroxylation is 1. The van der Waals surface area contributed by atoms with E-state index < -0.39 is 0 Å². The number of aromatic nitrogens is 2. The maximum atomic E-state index is 12.4. The molecule has 0 saturated heterocycles. The van der Waals surface area contributed by atoms with E-state index in [4.69, 9.17) is 4.74 Å². The van der Waals surface area contributed by atoms with Gasteiger partial charge in [-0.25, -0.2) is 4.98 Å². The number of imidazole rings is 1. The topological polar surface area (TPSA) is 58.2 Å². The Bertz CT molecular complexity index is 875. The lowest BCUT2D eigenvalue weighted by Crippen LogP contribution is -2.32. The standard InChI is InChI=1S/C21H23N3O2S/c25-18(3-1-4-19-5-2-10-27-19)11-16-6-7-21-20(12-16)24(8-9-26-21)14-17-13-22-15-23-17/h2,5-7,10,12-13,15H,1,3-4,8-9,11,14H2,(H,22,23). The van der Waals surface area contributed by atoms with Gasteiger partial charge in [-0.1, -0.05) is 12.1 Å². The Kier molecular flexibility index (Phi) is 5.53. The molecular formula is C21H23N3O2S. The molecule has 1 aliphatic heterocycles. The van der Waals surface area contributed by atoms with E-state index >= 15 is 0 Å². The molecule has 3 heterocycles. The number of nitrogens with zero attached hydrogens (tertiary/aromatic N) is 2. The Morgan fingerprint density at radius 1 is 1.33 bits per heavy atom. The Labute approximate surface area is 163 Å². The SMILES string of the molecule is O=C(CCCc1cccs1)Cc1ccc2c(c1)N(Cc1cnc[nH]1)CCO2. The number of hydrogen-bond acceptors (Lipinski definition) is 5. The summed E-state index contributed by atoms with van der Waals surface area (Å²) in [6.45, 7) is 2.25. The summed E-state index contributed by atoms with van der Waals surface area (Å²) in [6, 6.07) is 10.3. The van der Waals surface area contributed by atoms with Crippen LogP contribution in [-0.2, 0) is 24.2 Å². The summed E-state index contributed by atoms with van der Waals surface area (Å²) in [5.41, 5.74) is 3.17. The molecule has 0 saturated carbocycles. The van der Waals surface area contributed by atoms with Crippen molar-refractivity contribution in [1.82, 2.24) is 9.97 Å². The van der Waals surface area contributed by atoms with Crippen molar-refractivity contribution in [3.63, 3.8) is 0 Å². The molecule has 2 aromatic heterocycles. The maximum absolute atomic E-state index is 12.4. The van der Waals surface area contributed by atoms with Crippen LogP contribution in [0.5, 0.6) is 5.75 Å². The largest absolute Gasteiger partial charge is 0.490 e. The van der Waals surface area contributed by atoms with Gasteiger partial charge in [0, 0.05) is 23.9 Å². The summed E-state index contributed by atoms with van der Waals surface area (Å²) in [6.07, 6.45) is 6.55. The third-order valence-electron chi connectivity index (χ3n) is 4.76. The van der Waals surface area contributed by atoms with Crippen LogP contribution in [0.3, 0.4) is 0 Å². The molecule has 0 amide bonds. The van der Waals surface area contributed by atoms with E-state index in [9.17, 15) is 4.79 Å². The number of nitrogens with one attached hydrogen (secondary N) is 1. The first-order valence-electron chi connectivity index (χ1n) is 9.30. The van der Waals surface area contributed by atoms with Crippen molar-refractivity contribution in [2.45, 2.75) is 32.2 Å². The molecular weight excluding hydrogens is 358 g/mol. The van der Waals surface area contributed by atoms with Crippen LogP contribution in [0.15, 0.2) is 48.2 Å². The highest BCUT2D eigenvalue weighted by molar-refractivity contribution is 7.09. The average Bonchev–Trinajstić information content (AvgIpc) is 3.36. The first-order chi connectivity index (χ1) is 13.3. The van der Waals surface area contributed by atoms with Gasteiger partial charge in [-0.15, -0.1) is 11.3 Å². The minimum absolute atomic E-state index is 0.295. The predicted octanol–water partition coefficient (Wildman–Crippen LogP) is 4.00. The van der Waals surface area contributed by atoms with Crippen LogP contribution in [-0.4, -0.2) is 28.9 Å². The van der Waals surface area contributed by atoms with Crippen molar-refractivity contribution >= 4 is 22.8 Å². The second-order valence-electron chi connectivity index (χ2n) is 6.80. The number of hydrogen-bond donors (Lipinski definition) is 1. The molecule has 0 fully saturated rings. The van der Waals surface area contributed by atoms with Crippen molar-refractivity contribution in [3.8, 4) is 5.75 Å². The summed E-state index contributed by atoms with van der Waals surface area (Å²) < 4.78 is 5.79. The molecule has 140 valence electrons. The summed E-state index contributed by atoms with van der Waals surface area (Å²) in [7, 11) is 0. The summed E-state index contributed by atoms with van der Waals surface area (Å²) in [5, 5.41) is 2.08. The van der Waals surface area contributed by atoms with Gasteiger partial charge >= 0.3 is 0 Å². The molecule has 27 heavy (non-hydrogen) atoms. The number of anilines is 1. The lowest BCUT2D eigenvalue weighted by molar-refractivity contribution is -0.118. The zero-order valence-corrected chi connectivity index (χ0v) is 16.0. The molecule has 5 nitrogen and oxygen atoms in total. The molecule has 6 heteroatoms. The van der Waals surface area contributed by atoms with Crippen molar-refractivity contribution < 1.29 is 9.53 Å². The number of benzene rings is 1. The molecule has 0 aliphatic carbocycles. The van der Waals surface area contributed by atoms with Gasteiger partial charge in [-0.3, -0.25) is 4.79 Å². The highest BCUT2D eigenvalue weighted by atomic mass is 32.1. The molecule has 1 N–H and O–H groups in total. The van der Waals surface area contributed by atoms with E-state index in [1.165, 1.54) is 4.88 Å². The van der Waals surface area contributed by atoms with Crippen LogP contribution in [0, 0.1) is 0 Å². The van der Waals surface area contributed by atoms with Gasteiger partial charge in [0.25, 0.3) is 0 Å². The monoisotopic (exact) mass is 381 g/mol. The fourth-order valence-corrected chi connectivity index (χ4v) is 4.15. The van der Waals surface area contributed by atoms with Crippen molar-refractivity contribution in [2.24, 2.45) is 0 Å². The minimum Gasteiger partial charge on any atom is -0.490 e. The normalized spacial score (nSPS) is 13.3. The molecule has 0 unspecified atom stereocenters. The van der Waals surface area contributed by atoms with Crippen LogP contribution in [0.1, 0.15) is 29.0 Å². The number of rotatable bonds is 8. The van der Waals surface area contributed by atoms with Crippen LogP contribution in [0.25, 0.3) is 0 Å². The fourth-order valence-electron chi connectivity index (χ4n) is 3.40. The Balaban J connectivity index is 1.38. The van der Waals surface area contributed by atoms with Crippen molar-refractivity contribution in [1.29, 1.82) is 0 Å². The smallest absolute Gasteiger partial charge is 0.142 e. The number of ether oxygens (including phenoxy) is 1. The highest BCUT2D eigenvalue weighted by Crippen LogP contribution is 2.33. The fraction of sp³-hybridized carbons (Fsp3) is 0.333. The van der Waals surface area contributed by atoms with E-state index in [1.807, 2.05) is 18.3 Å². The van der Waals surface area contributed by atoms with Gasteiger partial charge in [0.1, 0.15) is 18.1 Å². The lowest BCUT2D eigenvalue weighted by atomic mass is 10.0. The van der Waals surface area contributed by atoms with E-state index in [1.54, 1.807) is 17.7 Å². The van der Waals surface area contributed by atoms with E-state index in [0.717, 1.165) is 48.6 Å². The van der Waals surface area contributed by atoms with Crippen LogP contribution in [0.4, 0.5) is 5.69 Å². The van der Waals surface area contributed by atoms with E-state index in [-0.39, 0.29) is 0 Å². The second-order valence-corrected chi connectivity index (χ2v) is 7.83. The summed E-state index contributed by atoms with van der Waals surface area (Å²) in [5.74, 6) is 1.18. The molecule has 0 radical (unpaired) electrons. The number of Topliss-reactive ketones (excluding diaryl/α,β-unsaturated/α-hetero) is 1. The van der Waals surface area contributed by atoms with Crippen LogP contribution >= 0.6 is 11.3 Å². The van der Waals surface area contributed by atoms with Crippen LogP contribution < -0.4 is 9.64 Å². The first-order valence-corrected chi connectivity index (χ1v) is 10.2. The second kappa shape index (κ2) is 8.39.